The van der Waals surface area contributed by atoms with Crippen LogP contribution in [0.25, 0.3) is 0 Å². The largest absolute Gasteiger partial charge is 0.459 e. The Morgan fingerprint density at radius 1 is 0.926 bits per heavy atom. The van der Waals surface area contributed by atoms with E-state index < -0.39 is 18.1 Å². The van der Waals surface area contributed by atoms with Gasteiger partial charge in [0.15, 0.2) is 0 Å². The van der Waals surface area contributed by atoms with Crippen molar-refractivity contribution in [2.24, 2.45) is 0 Å². The lowest BCUT2D eigenvalue weighted by molar-refractivity contribution is -0.146. The van der Waals surface area contributed by atoms with E-state index in [9.17, 15) is 9.59 Å². The lowest BCUT2D eigenvalue weighted by atomic mass is 10.2. The van der Waals surface area contributed by atoms with Crippen LogP contribution < -0.4 is 5.32 Å². The fraction of sp³-hybridized carbons (Fsp3) is 0.300. The summed E-state index contributed by atoms with van der Waals surface area (Å²) in [4.78, 5) is 24.4. The van der Waals surface area contributed by atoms with Gasteiger partial charge in [-0.3, -0.25) is 0 Å². The minimum Gasteiger partial charge on any atom is -0.459 e. The van der Waals surface area contributed by atoms with Crippen LogP contribution in [0, 0.1) is 0 Å². The topological polar surface area (TPSA) is 84.9 Å². The van der Waals surface area contributed by atoms with Gasteiger partial charge in [0.05, 0.1) is 6.61 Å². The van der Waals surface area contributed by atoms with Gasteiger partial charge >= 0.3 is 12.1 Å². The number of thioether (sulfide) groups is 1. The number of nitrogens with one attached hydrogen (secondary N) is 1. The quantitative estimate of drug-likeness (QED) is 0.480. The van der Waals surface area contributed by atoms with Crippen molar-refractivity contribution in [3.8, 4) is 0 Å². The Hall–Kier alpha value is -2.51. The molecule has 2 aromatic carbocycles. The maximum atomic E-state index is 12.4. The summed E-state index contributed by atoms with van der Waals surface area (Å²) in [5.74, 6) is 0.207. The summed E-state index contributed by atoms with van der Waals surface area (Å²) in [7, 11) is 0. The summed E-state index contributed by atoms with van der Waals surface area (Å²) < 4.78 is 10.5. The van der Waals surface area contributed by atoms with Crippen molar-refractivity contribution in [2.75, 3.05) is 18.1 Å². The van der Waals surface area contributed by atoms with Gasteiger partial charge in [-0.2, -0.15) is 11.8 Å². The molecule has 0 saturated carbocycles. The molecule has 6 nitrogen and oxygen atoms in total. The van der Waals surface area contributed by atoms with Crippen LogP contribution in [0.3, 0.4) is 0 Å². The maximum Gasteiger partial charge on any atom is 0.408 e. The second-order valence-corrected chi connectivity index (χ2v) is 6.80. The molecule has 0 unspecified atom stereocenters. The number of benzene rings is 2. The van der Waals surface area contributed by atoms with Crippen LogP contribution in [0.4, 0.5) is 4.79 Å². The SMILES string of the molecule is O=C(N[C@@H](CSCCO)C(=O)OCc1ccccc1)OCc1ccccc1. The van der Waals surface area contributed by atoms with Crippen LogP contribution in [0.15, 0.2) is 60.7 Å². The lowest BCUT2D eigenvalue weighted by Gasteiger charge is -2.17. The monoisotopic (exact) mass is 389 g/mol. The van der Waals surface area contributed by atoms with Crippen molar-refractivity contribution < 1.29 is 24.2 Å². The van der Waals surface area contributed by atoms with Crippen molar-refractivity contribution in [3.63, 3.8) is 0 Å². The third-order valence-corrected chi connectivity index (χ3v) is 4.57. The van der Waals surface area contributed by atoms with Gasteiger partial charge in [0.1, 0.15) is 19.3 Å². The first-order valence-electron chi connectivity index (χ1n) is 8.55. The Morgan fingerprint density at radius 3 is 2.04 bits per heavy atom. The van der Waals surface area contributed by atoms with Gasteiger partial charge in [0, 0.05) is 11.5 Å². The Kier molecular flexibility index (Phi) is 9.23. The van der Waals surface area contributed by atoms with Crippen LogP contribution in [0.1, 0.15) is 11.1 Å². The van der Waals surface area contributed by atoms with Crippen LogP contribution in [-0.4, -0.2) is 41.3 Å². The predicted octanol–water partition coefficient (Wildman–Crippen LogP) is 2.75. The minimum atomic E-state index is -0.853. The number of ether oxygens (including phenoxy) is 2. The highest BCUT2D eigenvalue weighted by Crippen LogP contribution is 2.08. The number of rotatable bonds is 10. The standard InChI is InChI=1S/C20H23NO5S/c22-11-12-27-15-18(19(23)25-13-16-7-3-1-4-8-16)21-20(24)26-14-17-9-5-2-6-10-17/h1-10,18,22H,11-15H2,(H,21,24)/t18-/m0/s1. The van der Waals surface area contributed by atoms with Crippen LogP contribution in [0.2, 0.25) is 0 Å². The summed E-state index contributed by atoms with van der Waals surface area (Å²) in [5.41, 5.74) is 1.71. The normalized spacial score (nSPS) is 11.4. The molecule has 7 heteroatoms. The summed E-state index contributed by atoms with van der Waals surface area (Å²) in [6.45, 7) is 0.235. The van der Waals surface area contributed by atoms with Crippen LogP contribution in [0.5, 0.6) is 0 Å². The Balaban J connectivity index is 1.85. The first kappa shape index (κ1) is 20.8. The Bertz CT molecular complexity index is 696. The molecule has 144 valence electrons. The molecule has 27 heavy (non-hydrogen) atoms. The molecule has 0 bridgehead atoms. The molecular weight excluding hydrogens is 366 g/mol. The number of hydrogen-bond acceptors (Lipinski definition) is 6. The van der Waals surface area contributed by atoms with Crippen molar-refractivity contribution >= 4 is 23.8 Å². The third kappa shape index (κ3) is 8.15. The van der Waals surface area contributed by atoms with E-state index in [0.717, 1.165) is 11.1 Å². The summed E-state index contributed by atoms with van der Waals surface area (Å²) in [6.07, 6.45) is -0.690. The van der Waals surface area contributed by atoms with Gasteiger partial charge in [0.2, 0.25) is 0 Å². The number of aliphatic hydroxyl groups is 1. The van der Waals surface area contributed by atoms with E-state index in [0.29, 0.717) is 5.75 Å². The Morgan fingerprint density at radius 2 is 1.48 bits per heavy atom. The number of hydrogen-bond donors (Lipinski definition) is 2. The maximum absolute atomic E-state index is 12.4. The number of carbonyl (C=O) groups excluding carboxylic acids is 2. The summed E-state index contributed by atoms with van der Waals surface area (Å²) >= 11 is 1.35. The Labute approximate surface area is 162 Å². The van der Waals surface area contributed by atoms with Crippen molar-refractivity contribution in [2.45, 2.75) is 19.3 Å². The van der Waals surface area contributed by atoms with Gasteiger partial charge in [-0.05, 0) is 11.1 Å². The lowest BCUT2D eigenvalue weighted by Crippen LogP contribution is -2.44. The zero-order valence-corrected chi connectivity index (χ0v) is 15.7. The molecule has 0 heterocycles. The highest BCUT2D eigenvalue weighted by Gasteiger charge is 2.23. The number of aliphatic hydroxyl groups excluding tert-OH is 1. The van der Waals surface area contributed by atoms with Gasteiger partial charge in [-0.15, -0.1) is 0 Å². The molecular formula is C20H23NO5S. The second-order valence-electron chi connectivity index (χ2n) is 5.65. The van der Waals surface area contributed by atoms with Crippen molar-refractivity contribution in [3.05, 3.63) is 71.8 Å². The minimum absolute atomic E-state index is 0.00506. The van der Waals surface area contributed by atoms with Crippen molar-refractivity contribution in [1.29, 1.82) is 0 Å². The molecule has 1 atom stereocenters. The highest BCUT2D eigenvalue weighted by atomic mass is 32.2. The van der Waals surface area contributed by atoms with E-state index in [1.54, 1.807) is 0 Å². The molecule has 2 N–H and O–H groups in total. The van der Waals surface area contributed by atoms with Gasteiger partial charge < -0.3 is 19.9 Å². The van der Waals surface area contributed by atoms with Crippen molar-refractivity contribution in [1.82, 2.24) is 5.32 Å². The fourth-order valence-corrected chi connectivity index (χ4v) is 2.92. The zero-order chi connectivity index (χ0) is 19.3. The van der Waals surface area contributed by atoms with Gasteiger partial charge in [-0.1, -0.05) is 60.7 Å². The average Bonchev–Trinajstić information content (AvgIpc) is 2.71. The zero-order valence-electron chi connectivity index (χ0n) is 14.9. The molecule has 2 aromatic rings. The summed E-state index contributed by atoms with van der Waals surface area (Å²) in [5, 5.41) is 11.5. The smallest absolute Gasteiger partial charge is 0.408 e. The fourth-order valence-electron chi connectivity index (χ4n) is 2.17. The molecule has 2 rings (SSSR count). The van der Waals surface area contributed by atoms with Crippen LogP contribution >= 0.6 is 11.8 Å². The first-order valence-corrected chi connectivity index (χ1v) is 9.71. The number of amides is 1. The van der Waals surface area contributed by atoms with Gasteiger partial charge in [0.25, 0.3) is 0 Å². The number of carbonyl (C=O) groups is 2. The molecule has 0 radical (unpaired) electrons. The summed E-state index contributed by atoms with van der Waals surface area (Å²) in [6, 6.07) is 17.7. The van der Waals surface area contributed by atoms with Crippen LogP contribution in [-0.2, 0) is 27.5 Å². The highest BCUT2D eigenvalue weighted by molar-refractivity contribution is 7.99. The average molecular weight is 389 g/mol. The first-order chi connectivity index (χ1) is 13.2. The molecule has 0 fully saturated rings. The number of esters is 1. The predicted molar refractivity (Wildman–Crippen MR) is 104 cm³/mol. The van der Waals surface area contributed by atoms with E-state index in [-0.39, 0.29) is 25.6 Å². The van der Waals surface area contributed by atoms with E-state index >= 15 is 0 Å². The second kappa shape index (κ2) is 12.0. The molecule has 1 amide bonds. The van der Waals surface area contributed by atoms with E-state index in [1.165, 1.54) is 11.8 Å². The molecule has 0 aromatic heterocycles. The van der Waals surface area contributed by atoms with Gasteiger partial charge in [-0.25, -0.2) is 9.59 Å². The molecule has 0 saturated heterocycles. The molecule has 0 aliphatic rings. The number of alkyl carbamates (subject to hydrolysis) is 1. The molecule has 0 aliphatic heterocycles. The molecule has 0 spiro atoms. The van der Waals surface area contributed by atoms with E-state index in [2.05, 4.69) is 5.32 Å². The van der Waals surface area contributed by atoms with E-state index in [4.69, 9.17) is 14.6 Å². The third-order valence-electron chi connectivity index (χ3n) is 3.53. The molecule has 0 aliphatic carbocycles. The van der Waals surface area contributed by atoms with E-state index in [1.807, 2.05) is 60.7 Å².